The number of carbonyl (C=O) groups excluding carboxylic acids is 2. The quantitative estimate of drug-likeness (QED) is 0.713. The Bertz CT molecular complexity index is 486. The second-order valence-corrected chi connectivity index (χ2v) is 4.87. The summed E-state index contributed by atoms with van der Waals surface area (Å²) >= 11 is 0. The van der Waals surface area contributed by atoms with E-state index in [-0.39, 0.29) is 18.0 Å². The van der Waals surface area contributed by atoms with E-state index in [4.69, 9.17) is 5.73 Å². The highest BCUT2D eigenvalue weighted by molar-refractivity contribution is 5.94. The van der Waals surface area contributed by atoms with Gasteiger partial charge < -0.3 is 21.3 Å². The lowest BCUT2D eigenvalue weighted by Gasteiger charge is -2.34. The third-order valence-electron chi connectivity index (χ3n) is 3.47. The molecule has 0 saturated carbocycles. The van der Waals surface area contributed by atoms with Crippen LogP contribution in [-0.2, 0) is 4.79 Å². The van der Waals surface area contributed by atoms with E-state index < -0.39 is 0 Å². The highest BCUT2D eigenvalue weighted by Crippen LogP contribution is 2.19. The van der Waals surface area contributed by atoms with E-state index in [0.29, 0.717) is 24.3 Å². The number of nitrogen functional groups attached to an aromatic ring is 1. The number of hydrogen-bond donors (Lipinski definition) is 3. The lowest BCUT2D eigenvalue weighted by atomic mass is 10.0. The average molecular weight is 276 g/mol. The van der Waals surface area contributed by atoms with E-state index >= 15 is 0 Å². The third kappa shape index (κ3) is 3.20. The molecule has 108 valence electrons. The van der Waals surface area contributed by atoms with Gasteiger partial charge in [0.15, 0.2) is 0 Å². The molecule has 1 aliphatic rings. The number of rotatable bonds is 2. The van der Waals surface area contributed by atoms with Crippen LogP contribution in [0.25, 0.3) is 0 Å². The number of nitrogens with one attached hydrogen (secondary N) is 2. The number of anilines is 2. The molecule has 1 aliphatic heterocycles. The van der Waals surface area contributed by atoms with Crippen LogP contribution < -0.4 is 16.4 Å². The van der Waals surface area contributed by atoms with E-state index in [0.717, 1.165) is 12.8 Å². The van der Waals surface area contributed by atoms with Crippen LogP contribution in [0.5, 0.6) is 0 Å². The Morgan fingerprint density at radius 2 is 1.95 bits per heavy atom. The minimum Gasteiger partial charge on any atom is -0.399 e. The average Bonchev–Trinajstić information content (AvgIpc) is 2.48. The van der Waals surface area contributed by atoms with Crippen LogP contribution in [0.1, 0.15) is 19.3 Å². The number of likely N-dealkylation sites (tertiary alicyclic amines) is 1. The summed E-state index contributed by atoms with van der Waals surface area (Å²) in [6.45, 7) is 0.596. The Kier molecular flexibility index (Phi) is 4.45. The molecule has 20 heavy (non-hydrogen) atoms. The van der Waals surface area contributed by atoms with Gasteiger partial charge >= 0.3 is 6.03 Å². The van der Waals surface area contributed by atoms with Crippen molar-refractivity contribution in [2.75, 3.05) is 24.6 Å². The summed E-state index contributed by atoms with van der Waals surface area (Å²) in [5, 5.41) is 5.41. The summed E-state index contributed by atoms with van der Waals surface area (Å²) in [6.07, 6.45) is 2.58. The van der Waals surface area contributed by atoms with Gasteiger partial charge in [0.2, 0.25) is 5.91 Å². The van der Waals surface area contributed by atoms with Crippen molar-refractivity contribution in [3.8, 4) is 0 Å². The molecule has 1 heterocycles. The molecule has 1 aromatic rings. The number of nitrogens with zero attached hydrogens (tertiary/aromatic N) is 1. The van der Waals surface area contributed by atoms with Crippen LogP contribution in [-0.4, -0.2) is 36.5 Å². The van der Waals surface area contributed by atoms with Crippen molar-refractivity contribution >= 4 is 23.3 Å². The van der Waals surface area contributed by atoms with Gasteiger partial charge in [0, 0.05) is 25.0 Å². The van der Waals surface area contributed by atoms with Gasteiger partial charge in [-0.3, -0.25) is 4.79 Å². The SMILES string of the molecule is CNC(=O)C1CCCCN1C(=O)Nc1ccc(N)cc1. The van der Waals surface area contributed by atoms with Crippen LogP contribution >= 0.6 is 0 Å². The molecule has 1 aromatic carbocycles. The number of urea groups is 1. The molecule has 6 heteroatoms. The minimum absolute atomic E-state index is 0.114. The molecule has 4 N–H and O–H groups in total. The Morgan fingerprint density at radius 3 is 2.60 bits per heavy atom. The van der Waals surface area contributed by atoms with Crippen molar-refractivity contribution in [3.05, 3.63) is 24.3 Å². The van der Waals surface area contributed by atoms with Crippen molar-refractivity contribution in [3.63, 3.8) is 0 Å². The monoisotopic (exact) mass is 276 g/mol. The molecule has 6 nitrogen and oxygen atoms in total. The summed E-state index contributed by atoms with van der Waals surface area (Å²) in [6, 6.07) is 6.30. The molecule has 1 unspecified atom stereocenters. The lowest BCUT2D eigenvalue weighted by molar-refractivity contribution is -0.125. The molecule has 3 amide bonds. The van der Waals surface area contributed by atoms with Gasteiger partial charge in [0.05, 0.1) is 0 Å². The number of amides is 3. The first-order chi connectivity index (χ1) is 9.61. The van der Waals surface area contributed by atoms with Gasteiger partial charge in [-0.2, -0.15) is 0 Å². The predicted octanol–water partition coefficient (Wildman–Crippen LogP) is 1.40. The molecule has 2 rings (SSSR count). The summed E-state index contributed by atoms with van der Waals surface area (Å²) < 4.78 is 0. The summed E-state index contributed by atoms with van der Waals surface area (Å²) in [5.74, 6) is -0.114. The Hall–Kier alpha value is -2.24. The molecule has 0 bridgehead atoms. The van der Waals surface area contributed by atoms with Crippen LogP contribution in [0, 0.1) is 0 Å². The van der Waals surface area contributed by atoms with E-state index in [9.17, 15) is 9.59 Å². The van der Waals surface area contributed by atoms with E-state index in [1.807, 2.05) is 0 Å². The van der Waals surface area contributed by atoms with Gasteiger partial charge in [-0.25, -0.2) is 4.79 Å². The molecule has 0 radical (unpaired) electrons. The Labute approximate surface area is 118 Å². The standard InChI is InChI=1S/C14H20N4O2/c1-16-13(19)12-4-2-3-9-18(12)14(20)17-11-7-5-10(15)6-8-11/h5-8,12H,2-4,9,15H2,1H3,(H,16,19)(H,17,20). The molecule has 1 saturated heterocycles. The number of piperidine rings is 1. The number of likely N-dealkylation sites (N-methyl/N-ethyl adjacent to an activating group) is 1. The first kappa shape index (κ1) is 14.2. The molecule has 0 aliphatic carbocycles. The Balaban J connectivity index is 2.05. The molecule has 0 aromatic heterocycles. The van der Waals surface area contributed by atoms with Crippen molar-refractivity contribution < 1.29 is 9.59 Å². The smallest absolute Gasteiger partial charge is 0.322 e. The number of carbonyl (C=O) groups is 2. The maximum Gasteiger partial charge on any atom is 0.322 e. The van der Waals surface area contributed by atoms with Crippen LogP contribution in [0.2, 0.25) is 0 Å². The largest absolute Gasteiger partial charge is 0.399 e. The van der Waals surface area contributed by atoms with Crippen molar-refractivity contribution in [2.45, 2.75) is 25.3 Å². The van der Waals surface area contributed by atoms with Crippen LogP contribution in [0.15, 0.2) is 24.3 Å². The molecule has 0 spiro atoms. The van der Waals surface area contributed by atoms with Crippen LogP contribution in [0.4, 0.5) is 16.2 Å². The summed E-state index contributed by atoms with van der Waals surface area (Å²) in [5.41, 5.74) is 6.92. The van der Waals surface area contributed by atoms with Gasteiger partial charge in [0.25, 0.3) is 0 Å². The fraction of sp³-hybridized carbons (Fsp3) is 0.429. The van der Waals surface area contributed by atoms with E-state index in [2.05, 4.69) is 10.6 Å². The van der Waals surface area contributed by atoms with E-state index in [1.54, 1.807) is 36.2 Å². The van der Waals surface area contributed by atoms with Gasteiger partial charge in [-0.1, -0.05) is 0 Å². The molecule has 1 atom stereocenters. The molecular weight excluding hydrogens is 256 g/mol. The zero-order valence-corrected chi connectivity index (χ0v) is 11.6. The predicted molar refractivity (Wildman–Crippen MR) is 78.3 cm³/mol. The number of benzene rings is 1. The van der Waals surface area contributed by atoms with Crippen LogP contribution in [0.3, 0.4) is 0 Å². The summed E-state index contributed by atoms with van der Waals surface area (Å²) in [7, 11) is 1.59. The second kappa shape index (κ2) is 6.27. The van der Waals surface area contributed by atoms with Crippen molar-refractivity contribution in [2.24, 2.45) is 0 Å². The zero-order chi connectivity index (χ0) is 14.5. The highest BCUT2D eigenvalue weighted by Gasteiger charge is 2.31. The molecular formula is C14H20N4O2. The fourth-order valence-corrected chi connectivity index (χ4v) is 2.38. The summed E-state index contributed by atoms with van der Waals surface area (Å²) in [4.78, 5) is 25.7. The van der Waals surface area contributed by atoms with E-state index in [1.165, 1.54) is 0 Å². The second-order valence-electron chi connectivity index (χ2n) is 4.87. The van der Waals surface area contributed by atoms with Crippen molar-refractivity contribution in [1.82, 2.24) is 10.2 Å². The van der Waals surface area contributed by atoms with Gasteiger partial charge in [-0.15, -0.1) is 0 Å². The highest BCUT2D eigenvalue weighted by atomic mass is 16.2. The normalized spacial score (nSPS) is 18.4. The van der Waals surface area contributed by atoms with Crippen molar-refractivity contribution in [1.29, 1.82) is 0 Å². The van der Waals surface area contributed by atoms with Gasteiger partial charge in [0.1, 0.15) is 6.04 Å². The third-order valence-corrected chi connectivity index (χ3v) is 3.47. The maximum absolute atomic E-state index is 12.3. The molecule has 1 fully saturated rings. The number of hydrogen-bond acceptors (Lipinski definition) is 3. The first-order valence-corrected chi connectivity index (χ1v) is 6.76. The number of nitrogens with two attached hydrogens (primary N) is 1. The Morgan fingerprint density at radius 1 is 1.25 bits per heavy atom. The zero-order valence-electron chi connectivity index (χ0n) is 11.6. The van der Waals surface area contributed by atoms with Gasteiger partial charge in [-0.05, 0) is 43.5 Å². The minimum atomic E-state index is -0.387. The first-order valence-electron chi connectivity index (χ1n) is 6.76. The fourth-order valence-electron chi connectivity index (χ4n) is 2.38. The maximum atomic E-state index is 12.3. The topological polar surface area (TPSA) is 87.5 Å². The lowest BCUT2D eigenvalue weighted by Crippen LogP contribution is -2.52.